The van der Waals surface area contributed by atoms with Crippen molar-refractivity contribution >= 4 is 11.7 Å². The zero-order chi connectivity index (χ0) is 11.8. The van der Waals surface area contributed by atoms with E-state index in [4.69, 9.17) is 5.11 Å². The van der Waals surface area contributed by atoms with Crippen LogP contribution in [0.1, 0.15) is 37.2 Å². The first-order chi connectivity index (χ1) is 7.50. The number of carboxylic acids is 1. The number of hydrogen-bond donors (Lipinski definition) is 1. The third-order valence-corrected chi connectivity index (χ3v) is 3.18. The van der Waals surface area contributed by atoms with E-state index in [1.807, 2.05) is 6.07 Å². The minimum Gasteiger partial charge on any atom is -0.477 e. The number of carboxylic acid groups (broad SMARTS) is 1. The molecule has 4 heteroatoms. The Labute approximate surface area is 94.9 Å². The molecule has 2 heterocycles. The van der Waals surface area contributed by atoms with Gasteiger partial charge in [0.1, 0.15) is 5.69 Å². The molecule has 0 spiro atoms. The Bertz CT molecular complexity index is 398. The maximum Gasteiger partial charge on any atom is 0.354 e. The Kier molecular flexibility index (Phi) is 2.58. The van der Waals surface area contributed by atoms with Gasteiger partial charge in [0.05, 0.1) is 11.9 Å². The summed E-state index contributed by atoms with van der Waals surface area (Å²) in [6.45, 7) is 5.41. The van der Waals surface area contributed by atoms with Gasteiger partial charge in [-0.3, -0.25) is 0 Å². The number of aromatic carboxylic acids is 1. The molecule has 0 aromatic carbocycles. The largest absolute Gasteiger partial charge is 0.477 e. The molecular weight excluding hydrogens is 204 g/mol. The average molecular weight is 220 g/mol. The van der Waals surface area contributed by atoms with Gasteiger partial charge in [0.25, 0.3) is 0 Å². The summed E-state index contributed by atoms with van der Waals surface area (Å²) < 4.78 is 0. The third-order valence-electron chi connectivity index (χ3n) is 3.18. The Morgan fingerprint density at radius 1 is 1.50 bits per heavy atom. The number of nitrogens with zero attached hydrogens (tertiary/aromatic N) is 2. The topological polar surface area (TPSA) is 53.4 Å². The first-order valence-corrected chi connectivity index (χ1v) is 5.48. The van der Waals surface area contributed by atoms with Crippen LogP contribution < -0.4 is 4.90 Å². The van der Waals surface area contributed by atoms with Gasteiger partial charge in [-0.2, -0.15) is 0 Å². The Balaban J connectivity index is 2.25. The average Bonchev–Trinajstić information content (AvgIpc) is 2.58. The quantitative estimate of drug-likeness (QED) is 0.829. The van der Waals surface area contributed by atoms with E-state index in [2.05, 4.69) is 23.7 Å². The van der Waals surface area contributed by atoms with E-state index >= 15 is 0 Å². The maximum absolute atomic E-state index is 10.7. The maximum atomic E-state index is 10.7. The molecule has 1 aliphatic heterocycles. The van der Waals surface area contributed by atoms with Gasteiger partial charge in [-0.05, 0) is 38.8 Å². The van der Waals surface area contributed by atoms with Crippen LogP contribution in [0.25, 0.3) is 0 Å². The molecule has 0 amide bonds. The summed E-state index contributed by atoms with van der Waals surface area (Å²) in [5.41, 5.74) is 1.25. The minimum absolute atomic E-state index is 0.0979. The highest BCUT2D eigenvalue weighted by atomic mass is 16.4. The Morgan fingerprint density at radius 3 is 2.69 bits per heavy atom. The van der Waals surface area contributed by atoms with Crippen molar-refractivity contribution < 1.29 is 9.90 Å². The second-order valence-corrected chi connectivity index (χ2v) is 4.77. The number of hydrogen-bond acceptors (Lipinski definition) is 3. The summed E-state index contributed by atoms with van der Waals surface area (Å²) in [7, 11) is 0. The monoisotopic (exact) mass is 220 g/mol. The van der Waals surface area contributed by atoms with E-state index in [0.29, 0.717) is 0 Å². The van der Waals surface area contributed by atoms with Crippen molar-refractivity contribution in [3.63, 3.8) is 0 Å². The van der Waals surface area contributed by atoms with E-state index in [9.17, 15) is 4.79 Å². The van der Waals surface area contributed by atoms with Crippen LogP contribution in [-0.2, 0) is 0 Å². The molecule has 1 aliphatic rings. The van der Waals surface area contributed by atoms with Crippen molar-refractivity contribution in [1.29, 1.82) is 0 Å². The predicted octanol–water partition coefficient (Wildman–Crippen LogP) is 2.16. The molecule has 0 bridgehead atoms. The zero-order valence-corrected chi connectivity index (χ0v) is 9.60. The molecular formula is C12H16N2O2. The van der Waals surface area contributed by atoms with E-state index < -0.39 is 5.97 Å². The van der Waals surface area contributed by atoms with Crippen LogP contribution in [0, 0.1) is 0 Å². The second-order valence-electron chi connectivity index (χ2n) is 4.77. The fraction of sp³-hybridized carbons (Fsp3) is 0.500. The molecule has 0 radical (unpaired) electrons. The minimum atomic E-state index is -0.979. The van der Waals surface area contributed by atoms with Gasteiger partial charge in [0.15, 0.2) is 0 Å². The second kappa shape index (κ2) is 3.77. The predicted molar refractivity (Wildman–Crippen MR) is 61.9 cm³/mol. The van der Waals surface area contributed by atoms with E-state index in [1.54, 1.807) is 12.3 Å². The zero-order valence-electron chi connectivity index (χ0n) is 9.60. The van der Waals surface area contributed by atoms with Crippen molar-refractivity contribution in [2.24, 2.45) is 0 Å². The molecule has 0 saturated carbocycles. The number of pyridine rings is 1. The molecule has 1 N–H and O–H groups in total. The van der Waals surface area contributed by atoms with Crippen molar-refractivity contribution in [2.75, 3.05) is 11.4 Å². The summed E-state index contributed by atoms with van der Waals surface area (Å²) in [4.78, 5) is 16.9. The first kappa shape index (κ1) is 10.9. The van der Waals surface area contributed by atoms with Crippen LogP contribution in [0.15, 0.2) is 18.3 Å². The van der Waals surface area contributed by atoms with E-state index in [1.165, 1.54) is 6.42 Å². The SMILES string of the molecule is CC1(C)CCCN1c1ccc(C(=O)O)nc1. The van der Waals surface area contributed by atoms with Crippen LogP contribution in [0.4, 0.5) is 5.69 Å². The van der Waals surface area contributed by atoms with Crippen LogP contribution >= 0.6 is 0 Å². The normalized spacial score (nSPS) is 18.8. The van der Waals surface area contributed by atoms with Crippen LogP contribution in [0.2, 0.25) is 0 Å². The molecule has 0 aliphatic carbocycles. The van der Waals surface area contributed by atoms with Crippen molar-refractivity contribution in [1.82, 2.24) is 4.98 Å². The van der Waals surface area contributed by atoms with Crippen molar-refractivity contribution in [3.05, 3.63) is 24.0 Å². The van der Waals surface area contributed by atoms with Gasteiger partial charge in [0, 0.05) is 12.1 Å². The molecule has 0 unspecified atom stereocenters. The lowest BCUT2D eigenvalue weighted by Gasteiger charge is -2.33. The molecule has 4 nitrogen and oxygen atoms in total. The third kappa shape index (κ3) is 1.87. The standard InChI is InChI=1S/C12H16N2O2/c1-12(2)6-3-7-14(12)9-4-5-10(11(15)16)13-8-9/h4-5,8H,3,6-7H2,1-2H3,(H,15,16). The molecule has 16 heavy (non-hydrogen) atoms. The summed E-state index contributed by atoms with van der Waals surface area (Å²) in [6.07, 6.45) is 3.98. The lowest BCUT2D eigenvalue weighted by molar-refractivity contribution is 0.0690. The number of carbonyl (C=O) groups is 1. The summed E-state index contributed by atoms with van der Waals surface area (Å²) >= 11 is 0. The highest BCUT2D eigenvalue weighted by Crippen LogP contribution is 2.32. The van der Waals surface area contributed by atoms with E-state index in [-0.39, 0.29) is 11.2 Å². The lowest BCUT2D eigenvalue weighted by atomic mass is 10.0. The van der Waals surface area contributed by atoms with Gasteiger partial charge in [-0.15, -0.1) is 0 Å². The van der Waals surface area contributed by atoms with Crippen LogP contribution in [0.3, 0.4) is 0 Å². The molecule has 1 saturated heterocycles. The highest BCUT2D eigenvalue weighted by Gasteiger charge is 2.32. The molecule has 86 valence electrons. The molecule has 1 fully saturated rings. The number of anilines is 1. The molecule has 0 atom stereocenters. The Morgan fingerprint density at radius 2 is 2.25 bits per heavy atom. The lowest BCUT2D eigenvalue weighted by Crippen LogP contribution is -2.38. The van der Waals surface area contributed by atoms with Crippen molar-refractivity contribution in [3.8, 4) is 0 Å². The summed E-state index contributed by atoms with van der Waals surface area (Å²) in [5, 5.41) is 8.77. The highest BCUT2D eigenvalue weighted by molar-refractivity contribution is 5.85. The Hall–Kier alpha value is -1.58. The van der Waals surface area contributed by atoms with Crippen LogP contribution in [-0.4, -0.2) is 28.1 Å². The molecule has 2 rings (SSSR count). The van der Waals surface area contributed by atoms with Gasteiger partial charge >= 0.3 is 5.97 Å². The van der Waals surface area contributed by atoms with Gasteiger partial charge in [-0.1, -0.05) is 0 Å². The fourth-order valence-corrected chi connectivity index (χ4v) is 2.26. The van der Waals surface area contributed by atoms with Crippen molar-refractivity contribution in [2.45, 2.75) is 32.2 Å². The van der Waals surface area contributed by atoms with Gasteiger partial charge in [-0.25, -0.2) is 9.78 Å². The smallest absolute Gasteiger partial charge is 0.354 e. The van der Waals surface area contributed by atoms with Gasteiger partial charge < -0.3 is 10.0 Å². The fourth-order valence-electron chi connectivity index (χ4n) is 2.26. The van der Waals surface area contributed by atoms with Crippen LogP contribution in [0.5, 0.6) is 0 Å². The molecule has 1 aromatic rings. The van der Waals surface area contributed by atoms with E-state index in [0.717, 1.165) is 18.7 Å². The molecule has 1 aromatic heterocycles. The summed E-state index contributed by atoms with van der Waals surface area (Å²) in [5.74, 6) is -0.979. The van der Waals surface area contributed by atoms with Gasteiger partial charge in [0.2, 0.25) is 0 Å². The number of rotatable bonds is 2. The summed E-state index contributed by atoms with van der Waals surface area (Å²) in [6, 6.07) is 3.40. The number of aromatic nitrogens is 1. The first-order valence-electron chi connectivity index (χ1n) is 5.48.